The van der Waals surface area contributed by atoms with Gasteiger partial charge in [-0.3, -0.25) is 0 Å². The van der Waals surface area contributed by atoms with E-state index in [0.29, 0.717) is 5.75 Å². The molecule has 0 aliphatic carbocycles. The van der Waals surface area contributed by atoms with Crippen molar-refractivity contribution in [1.29, 1.82) is 0 Å². The number of hydrogen-bond acceptors (Lipinski definition) is 4. The molecule has 5 heteroatoms. The van der Waals surface area contributed by atoms with Gasteiger partial charge in [0.2, 0.25) is 0 Å². The van der Waals surface area contributed by atoms with Gasteiger partial charge in [-0.15, -0.1) is 0 Å². The molecule has 1 aromatic rings. The molecule has 0 unspecified atom stereocenters. The van der Waals surface area contributed by atoms with Gasteiger partial charge in [-0.05, 0) is 34.7 Å². The lowest BCUT2D eigenvalue weighted by molar-refractivity contribution is 0.0597. The average molecular weight is 308 g/mol. The Morgan fingerprint density at radius 2 is 2.07 bits per heavy atom. The predicted molar refractivity (Wildman–Crippen MR) is 58.7 cm³/mol. The third kappa shape index (κ3) is 2.09. The molecular formula is C9H9IO4. The Bertz CT molecular complexity index is 362. The van der Waals surface area contributed by atoms with E-state index >= 15 is 0 Å². The van der Waals surface area contributed by atoms with E-state index in [1.54, 1.807) is 0 Å². The number of ether oxygens (including phenoxy) is 2. The number of benzene rings is 1. The van der Waals surface area contributed by atoms with Crippen LogP contribution in [0.5, 0.6) is 11.5 Å². The maximum absolute atomic E-state index is 11.2. The van der Waals surface area contributed by atoms with Crippen LogP contribution in [0.4, 0.5) is 0 Å². The van der Waals surface area contributed by atoms with Crippen LogP contribution in [-0.2, 0) is 4.74 Å². The van der Waals surface area contributed by atoms with E-state index < -0.39 is 5.97 Å². The summed E-state index contributed by atoms with van der Waals surface area (Å²) < 4.78 is 10.2. The van der Waals surface area contributed by atoms with Crippen LogP contribution in [0.3, 0.4) is 0 Å². The van der Waals surface area contributed by atoms with Crippen molar-refractivity contribution >= 4 is 28.6 Å². The van der Waals surface area contributed by atoms with Gasteiger partial charge >= 0.3 is 5.97 Å². The Kier molecular flexibility index (Phi) is 3.56. The Morgan fingerprint density at radius 3 is 2.57 bits per heavy atom. The molecule has 0 aliphatic rings. The van der Waals surface area contributed by atoms with Crippen molar-refractivity contribution in [2.45, 2.75) is 0 Å². The molecule has 0 aliphatic heterocycles. The highest BCUT2D eigenvalue weighted by molar-refractivity contribution is 14.1. The summed E-state index contributed by atoms with van der Waals surface area (Å²) in [6.07, 6.45) is 0. The quantitative estimate of drug-likeness (QED) is 0.668. The van der Waals surface area contributed by atoms with Crippen LogP contribution >= 0.6 is 22.6 Å². The molecule has 0 fully saturated rings. The van der Waals surface area contributed by atoms with E-state index in [2.05, 4.69) is 4.74 Å². The Labute approximate surface area is 95.0 Å². The molecule has 1 aromatic carbocycles. The SMILES string of the molecule is COC(=O)c1cc(OC)c(I)cc1O. The molecule has 0 heterocycles. The highest BCUT2D eigenvalue weighted by Gasteiger charge is 2.14. The molecule has 0 radical (unpaired) electrons. The molecule has 0 amide bonds. The van der Waals surface area contributed by atoms with E-state index in [9.17, 15) is 9.90 Å². The minimum Gasteiger partial charge on any atom is -0.507 e. The third-order valence-corrected chi connectivity index (χ3v) is 2.52. The smallest absolute Gasteiger partial charge is 0.341 e. The third-order valence-electron chi connectivity index (χ3n) is 1.68. The van der Waals surface area contributed by atoms with Crippen molar-refractivity contribution in [3.63, 3.8) is 0 Å². The molecule has 1 rings (SSSR count). The number of phenolic OH excluding ortho intramolecular Hbond substituents is 1. The van der Waals surface area contributed by atoms with E-state index in [1.807, 2.05) is 22.6 Å². The summed E-state index contributed by atoms with van der Waals surface area (Å²) in [5.74, 6) is -0.164. The Morgan fingerprint density at radius 1 is 1.43 bits per heavy atom. The normalized spacial score (nSPS) is 9.64. The molecule has 0 bridgehead atoms. The van der Waals surface area contributed by atoms with Gasteiger partial charge in [0.15, 0.2) is 0 Å². The lowest BCUT2D eigenvalue weighted by Crippen LogP contribution is -2.02. The zero-order chi connectivity index (χ0) is 10.7. The molecule has 0 aromatic heterocycles. The van der Waals surface area contributed by atoms with Crippen LogP contribution in [-0.4, -0.2) is 25.3 Å². The first-order chi connectivity index (χ1) is 6.60. The second-order valence-electron chi connectivity index (χ2n) is 2.50. The van der Waals surface area contributed by atoms with Crippen LogP contribution in [0.25, 0.3) is 0 Å². The van der Waals surface area contributed by atoms with Crippen LogP contribution in [0, 0.1) is 3.57 Å². The summed E-state index contributed by atoms with van der Waals surface area (Å²) in [5.41, 5.74) is 0.102. The molecular weight excluding hydrogens is 299 g/mol. The van der Waals surface area contributed by atoms with Gasteiger partial charge in [-0.1, -0.05) is 0 Å². The van der Waals surface area contributed by atoms with Crippen molar-refractivity contribution in [2.75, 3.05) is 14.2 Å². The number of methoxy groups -OCH3 is 2. The second-order valence-corrected chi connectivity index (χ2v) is 3.66. The van der Waals surface area contributed by atoms with Crippen molar-refractivity contribution in [3.05, 3.63) is 21.3 Å². The van der Waals surface area contributed by atoms with Gasteiger partial charge in [0, 0.05) is 0 Å². The lowest BCUT2D eigenvalue weighted by Gasteiger charge is -2.07. The largest absolute Gasteiger partial charge is 0.507 e. The zero-order valence-corrected chi connectivity index (χ0v) is 9.86. The van der Waals surface area contributed by atoms with Crippen molar-refractivity contribution in [1.82, 2.24) is 0 Å². The topological polar surface area (TPSA) is 55.8 Å². The molecule has 1 N–H and O–H groups in total. The maximum atomic E-state index is 11.2. The average Bonchev–Trinajstić information content (AvgIpc) is 2.17. The number of aromatic hydroxyl groups is 1. The first kappa shape index (κ1) is 11.1. The number of esters is 1. The highest BCUT2D eigenvalue weighted by Crippen LogP contribution is 2.29. The molecule has 0 atom stereocenters. The minimum absolute atomic E-state index is 0.102. The Hall–Kier alpha value is -0.980. The number of phenols is 1. The van der Waals surface area contributed by atoms with Gasteiger partial charge < -0.3 is 14.6 Å². The van der Waals surface area contributed by atoms with Gasteiger partial charge in [0.25, 0.3) is 0 Å². The monoisotopic (exact) mass is 308 g/mol. The summed E-state index contributed by atoms with van der Waals surface area (Å²) in [6.45, 7) is 0. The number of rotatable bonds is 2. The maximum Gasteiger partial charge on any atom is 0.341 e. The summed E-state index contributed by atoms with van der Waals surface area (Å²) in [6, 6.07) is 2.90. The minimum atomic E-state index is -0.586. The van der Waals surface area contributed by atoms with Crippen molar-refractivity contribution in [3.8, 4) is 11.5 Å². The first-order valence-electron chi connectivity index (χ1n) is 3.75. The van der Waals surface area contributed by atoms with Gasteiger partial charge in [-0.25, -0.2) is 4.79 Å². The predicted octanol–water partition coefficient (Wildman–Crippen LogP) is 1.79. The van der Waals surface area contributed by atoms with E-state index in [0.717, 1.165) is 3.57 Å². The molecule has 0 spiro atoms. The lowest BCUT2D eigenvalue weighted by atomic mass is 10.2. The molecule has 0 saturated heterocycles. The molecule has 76 valence electrons. The van der Waals surface area contributed by atoms with Crippen LogP contribution in [0.1, 0.15) is 10.4 Å². The Balaban J connectivity index is 3.24. The second kappa shape index (κ2) is 4.50. The zero-order valence-electron chi connectivity index (χ0n) is 7.70. The van der Waals surface area contributed by atoms with Gasteiger partial charge in [0.05, 0.1) is 17.8 Å². The van der Waals surface area contributed by atoms with Crippen molar-refractivity contribution in [2.24, 2.45) is 0 Å². The number of carbonyl (C=O) groups is 1. The van der Waals surface area contributed by atoms with Gasteiger partial charge in [-0.2, -0.15) is 0 Å². The number of halogens is 1. The van der Waals surface area contributed by atoms with Crippen molar-refractivity contribution < 1.29 is 19.4 Å². The summed E-state index contributed by atoms with van der Waals surface area (Å²) >= 11 is 2.00. The van der Waals surface area contributed by atoms with Crippen LogP contribution in [0.15, 0.2) is 12.1 Å². The first-order valence-corrected chi connectivity index (χ1v) is 4.82. The van der Waals surface area contributed by atoms with E-state index in [-0.39, 0.29) is 11.3 Å². The van der Waals surface area contributed by atoms with Gasteiger partial charge in [0.1, 0.15) is 17.1 Å². The fourth-order valence-electron chi connectivity index (χ4n) is 0.973. The van der Waals surface area contributed by atoms with E-state index in [4.69, 9.17) is 4.74 Å². The number of hydrogen-bond donors (Lipinski definition) is 1. The summed E-state index contributed by atoms with van der Waals surface area (Å²) in [7, 11) is 2.75. The fourth-order valence-corrected chi connectivity index (χ4v) is 1.64. The highest BCUT2D eigenvalue weighted by atomic mass is 127. The van der Waals surface area contributed by atoms with Crippen LogP contribution < -0.4 is 4.74 Å². The summed E-state index contributed by atoms with van der Waals surface area (Å²) in [5, 5.41) is 9.45. The summed E-state index contributed by atoms with van der Waals surface area (Å²) in [4.78, 5) is 11.2. The van der Waals surface area contributed by atoms with E-state index in [1.165, 1.54) is 26.4 Å². The van der Waals surface area contributed by atoms with Crippen LogP contribution in [0.2, 0.25) is 0 Å². The standard InChI is InChI=1S/C9H9IO4/c1-13-8-3-5(9(12)14-2)7(11)4-6(8)10/h3-4,11H,1-2H3. The molecule has 0 saturated carbocycles. The number of carbonyl (C=O) groups excluding carboxylic acids is 1. The molecule has 4 nitrogen and oxygen atoms in total. The fraction of sp³-hybridized carbons (Fsp3) is 0.222. The molecule has 14 heavy (non-hydrogen) atoms.